The number of nitrogens with zero attached hydrogens (tertiary/aromatic N) is 2. The number of benzene rings is 2. The molecule has 3 heteroatoms. The molecule has 94 valence electrons. The molecule has 0 aliphatic carbocycles. The van der Waals surface area contributed by atoms with Gasteiger partial charge in [-0.05, 0) is 11.6 Å². The molecular formula is C16H14N2O. The molecule has 0 fully saturated rings. The maximum Gasteiger partial charge on any atom is 0.249 e. The summed E-state index contributed by atoms with van der Waals surface area (Å²) in [6.07, 6.45) is 5.81. The molecule has 0 saturated heterocycles. The Labute approximate surface area is 112 Å². The van der Waals surface area contributed by atoms with Crippen molar-refractivity contribution in [3.8, 4) is 11.4 Å². The van der Waals surface area contributed by atoms with Crippen molar-refractivity contribution >= 4 is 0 Å². The molecule has 0 aliphatic rings. The first-order valence-corrected chi connectivity index (χ1v) is 6.20. The Balaban J connectivity index is 1.86. The normalized spacial score (nSPS) is 10.5. The van der Waals surface area contributed by atoms with E-state index in [1.54, 1.807) is 12.1 Å². The van der Waals surface area contributed by atoms with Crippen LogP contribution in [0.15, 0.2) is 73.3 Å². The Kier molecular flexibility index (Phi) is 3.02. The van der Waals surface area contributed by atoms with Crippen molar-refractivity contribution in [3.63, 3.8) is 0 Å². The van der Waals surface area contributed by atoms with Gasteiger partial charge in [-0.25, -0.2) is 9.13 Å². The first-order chi connectivity index (χ1) is 9.33. The van der Waals surface area contributed by atoms with Crippen LogP contribution in [0.3, 0.4) is 0 Å². The van der Waals surface area contributed by atoms with Crippen LogP contribution >= 0.6 is 0 Å². The van der Waals surface area contributed by atoms with Crippen molar-refractivity contribution in [3.05, 3.63) is 78.9 Å². The van der Waals surface area contributed by atoms with Gasteiger partial charge in [-0.1, -0.05) is 54.3 Å². The molecule has 19 heavy (non-hydrogen) atoms. The molecule has 0 bridgehead atoms. The van der Waals surface area contributed by atoms with Gasteiger partial charge in [0, 0.05) is 0 Å². The highest BCUT2D eigenvalue weighted by molar-refractivity contribution is 5.43. The Hall–Kier alpha value is -2.55. The molecule has 0 saturated carbocycles. The summed E-state index contributed by atoms with van der Waals surface area (Å²) in [4.78, 5) is 0. The van der Waals surface area contributed by atoms with Crippen LogP contribution in [0.2, 0.25) is 0 Å². The van der Waals surface area contributed by atoms with Gasteiger partial charge < -0.3 is 5.11 Å². The van der Waals surface area contributed by atoms with E-state index >= 15 is 0 Å². The van der Waals surface area contributed by atoms with Crippen LogP contribution in [0.5, 0.6) is 5.75 Å². The van der Waals surface area contributed by atoms with Gasteiger partial charge in [-0.15, -0.1) is 0 Å². The zero-order valence-electron chi connectivity index (χ0n) is 10.4. The third-order valence-electron chi connectivity index (χ3n) is 3.04. The quantitative estimate of drug-likeness (QED) is 0.653. The van der Waals surface area contributed by atoms with Crippen LogP contribution < -0.4 is 9.67 Å². The van der Waals surface area contributed by atoms with E-state index in [-0.39, 0.29) is 5.75 Å². The van der Waals surface area contributed by atoms with Gasteiger partial charge in [0.2, 0.25) is 6.33 Å². The SMILES string of the molecule is [O-]c1ccccc1-n1cc[n+](Cc2ccccc2)c1. The highest BCUT2D eigenvalue weighted by Gasteiger charge is 2.07. The van der Waals surface area contributed by atoms with Gasteiger partial charge in [0.15, 0.2) is 0 Å². The molecule has 0 unspecified atom stereocenters. The molecule has 0 aliphatic heterocycles. The molecule has 3 aromatic rings. The summed E-state index contributed by atoms with van der Waals surface area (Å²) in [5.41, 5.74) is 1.91. The van der Waals surface area contributed by atoms with Crippen LogP contribution in [-0.4, -0.2) is 4.57 Å². The fraction of sp³-hybridized carbons (Fsp3) is 0.0625. The van der Waals surface area contributed by atoms with Crippen molar-refractivity contribution in [2.45, 2.75) is 6.54 Å². The largest absolute Gasteiger partial charge is 0.870 e. The molecule has 2 aromatic carbocycles. The Bertz CT molecular complexity index is 674. The number of para-hydroxylation sites is 2. The lowest BCUT2D eigenvalue weighted by atomic mass is 10.2. The van der Waals surface area contributed by atoms with E-state index < -0.39 is 0 Å². The first kappa shape index (κ1) is 11.5. The number of hydrogen-bond donors (Lipinski definition) is 0. The molecular weight excluding hydrogens is 236 g/mol. The maximum absolute atomic E-state index is 11.8. The Morgan fingerprint density at radius 2 is 1.68 bits per heavy atom. The summed E-state index contributed by atoms with van der Waals surface area (Å²) in [5.74, 6) is 0.0324. The lowest BCUT2D eigenvalue weighted by Crippen LogP contribution is -2.31. The molecule has 0 radical (unpaired) electrons. The summed E-state index contributed by atoms with van der Waals surface area (Å²) in [7, 11) is 0. The minimum absolute atomic E-state index is 0.0324. The Morgan fingerprint density at radius 3 is 2.47 bits per heavy atom. The lowest BCUT2D eigenvalue weighted by molar-refractivity contribution is -0.687. The minimum Gasteiger partial charge on any atom is -0.870 e. The fourth-order valence-corrected chi connectivity index (χ4v) is 2.09. The molecule has 0 N–H and O–H groups in total. The molecule has 3 rings (SSSR count). The highest BCUT2D eigenvalue weighted by Crippen LogP contribution is 2.16. The van der Waals surface area contributed by atoms with E-state index in [9.17, 15) is 5.11 Å². The van der Waals surface area contributed by atoms with Gasteiger partial charge in [0.05, 0.1) is 0 Å². The molecule has 3 nitrogen and oxygen atoms in total. The predicted octanol–water partition coefficient (Wildman–Crippen LogP) is 1.89. The van der Waals surface area contributed by atoms with E-state index in [4.69, 9.17) is 0 Å². The maximum atomic E-state index is 11.8. The van der Waals surface area contributed by atoms with Crippen LogP contribution in [0.1, 0.15) is 5.56 Å². The molecule has 1 heterocycles. The predicted molar refractivity (Wildman–Crippen MR) is 71.0 cm³/mol. The summed E-state index contributed by atoms with van der Waals surface area (Å²) in [5, 5.41) is 11.8. The van der Waals surface area contributed by atoms with Gasteiger partial charge in [0.25, 0.3) is 0 Å². The average Bonchev–Trinajstić information content (AvgIpc) is 2.89. The van der Waals surface area contributed by atoms with Crippen molar-refractivity contribution in [2.75, 3.05) is 0 Å². The smallest absolute Gasteiger partial charge is 0.249 e. The fourth-order valence-electron chi connectivity index (χ4n) is 2.09. The van der Waals surface area contributed by atoms with Crippen molar-refractivity contribution in [1.29, 1.82) is 0 Å². The molecule has 0 amide bonds. The van der Waals surface area contributed by atoms with Crippen LogP contribution in [0, 0.1) is 0 Å². The summed E-state index contributed by atoms with van der Waals surface area (Å²) < 4.78 is 3.91. The summed E-state index contributed by atoms with van der Waals surface area (Å²) in [6.45, 7) is 0.800. The zero-order chi connectivity index (χ0) is 13.1. The number of aromatic nitrogens is 2. The molecule has 1 aromatic heterocycles. The number of imidazole rings is 1. The van der Waals surface area contributed by atoms with Gasteiger partial charge in [-0.2, -0.15) is 0 Å². The van der Waals surface area contributed by atoms with E-state index in [1.807, 2.05) is 53.6 Å². The van der Waals surface area contributed by atoms with E-state index in [0.717, 1.165) is 6.54 Å². The van der Waals surface area contributed by atoms with Gasteiger partial charge in [-0.3, -0.25) is 0 Å². The topological polar surface area (TPSA) is 31.9 Å². The first-order valence-electron chi connectivity index (χ1n) is 6.20. The van der Waals surface area contributed by atoms with Crippen molar-refractivity contribution < 1.29 is 9.67 Å². The van der Waals surface area contributed by atoms with E-state index in [1.165, 1.54) is 5.56 Å². The second-order valence-corrected chi connectivity index (χ2v) is 4.45. The minimum atomic E-state index is 0.0324. The van der Waals surface area contributed by atoms with Crippen molar-refractivity contribution in [1.82, 2.24) is 4.57 Å². The number of rotatable bonds is 3. The van der Waals surface area contributed by atoms with Crippen LogP contribution in [0.4, 0.5) is 0 Å². The van der Waals surface area contributed by atoms with Crippen LogP contribution in [-0.2, 0) is 6.54 Å². The zero-order valence-corrected chi connectivity index (χ0v) is 10.4. The number of hydrogen-bond acceptors (Lipinski definition) is 1. The van der Waals surface area contributed by atoms with Crippen LogP contribution in [0.25, 0.3) is 5.69 Å². The van der Waals surface area contributed by atoms with E-state index in [2.05, 4.69) is 16.7 Å². The molecule has 0 atom stereocenters. The molecule has 0 spiro atoms. The van der Waals surface area contributed by atoms with E-state index in [0.29, 0.717) is 5.69 Å². The Morgan fingerprint density at radius 1 is 0.947 bits per heavy atom. The highest BCUT2D eigenvalue weighted by atomic mass is 16.3. The second kappa shape index (κ2) is 4.98. The lowest BCUT2D eigenvalue weighted by Gasteiger charge is -2.08. The van der Waals surface area contributed by atoms with Crippen molar-refractivity contribution in [2.24, 2.45) is 0 Å². The average molecular weight is 250 g/mol. The second-order valence-electron chi connectivity index (χ2n) is 4.45. The monoisotopic (exact) mass is 250 g/mol. The summed E-state index contributed by atoms with van der Waals surface area (Å²) >= 11 is 0. The third-order valence-corrected chi connectivity index (χ3v) is 3.04. The standard InChI is InChI=1S/C16H14N2O/c19-16-9-5-4-8-15(16)18-11-10-17(13-18)12-14-6-2-1-3-7-14/h1-11,13H,12H2. The summed E-state index contributed by atoms with van der Waals surface area (Å²) in [6, 6.07) is 17.3. The third kappa shape index (κ3) is 2.50. The van der Waals surface area contributed by atoms with Gasteiger partial charge in [0.1, 0.15) is 24.6 Å². The van der Waals surface area contributed by atoms with Gasteiger partial charge >= 0.3 is 0 Å².